The second kappa shape index (κ2) is 6.22. The largest absolute Gasteiger partial charge is 0.355 e. The van der Waals surface area contributed by atoms with Gasteiger partial charge in [0.05, 0.1) is 0 Å². The van der Waals surface area contributed by atoms with Crippen molar-refractivity contribution in [3.63, 3.8) is 0 Å². The number of carbonyl (C=O) groups is 2. The second-order valence-electron chi connectivity index (χ2n) is 4.54. The molecule has 5 nitrogen and oxygen atoms in total. The van der Waals surface area contributed by atoms with Gasteiger partial charge in [0.25, 0.3) is 0 Å². The van der Waals surface area contributed by atoms with E-state index in [2.05, 4.69) is 5.32 Å². The highest BCUT2D eigenvalue weighted by molar-refractivity contribution is 5.96. The topological polar surface area (TPSA) is 52.7 Å². The predicted octanol–water partition coefficient (Wildman–Crippen LogP) is 1.45. The van der Waals surface area contributed by atoms with Crippen LogP contribution in [0, 0.1) is 0 Å². The quantitative estimate of drug-likeness (QED) is 0.872. The SMILES string of the molecule is CCCNC(=O)CN1CCN(c2ccccc2)C1=O. The molecule has 5 heteroatoms. The first kappa shape index (κ1) is 13.4. The van der Waals surface area contributed by atoms with Gasteiger partial charge in [0.2, 0.25) is 5.91 Å². The minimum absolute atomic E-state index is 0.0925. The first-order valence-electron chi connectivity index (χ1n) is 6.60. The van der Waals surface area contributed by atoms with Crippen molar-refractivity contribution < 1.29 is 9.59 Å². The van der Waals surface area contributed by atoms with Crippen LogP contribution in [0.5, 0.6) is 0 Å². The summed E-state index contributed by atoms with van der Waals surface area (Å²) in [6.07, 6.45) is 0.899. The highest BCUT2D eigenvalue weighted by atomic mass is 16.2. The minimum Gasteiger partial charge on any atom is -0.355 e. The Bertz CT molecular complexity index is 447. The lowest BCUT2D eigenvalue weighted by atomic mass is 10.3. The van der Waals surface area contributed by atoms with E-state index >= 15 is 0 Å². The third-order valence-electron chi connectivity index (χ3n) is 3.07. The Labute approximate surface area is 113 Å². The standard InChI is InChI=1S/C14H19N3O2/c1-2-8-15-13(18)11-16-9-10-17(14(16)19)12-6-4-3-5-7-12/h3-7H,2,8-11H2,1H3,(H,15,18). The van der Waals surface area contributed by atoms with Crippen molar-refractivity contribution in [2.24, 2.45) is 0 Å². The van der Waals surface area contributed by atoms with Crippen LogP contribution in [-0.2, 0) is 4.79 Å². The Balaban J connectivity index is 1.93. The number of benzene rings is 1. The van der Waals surface area contributed by atoms with E-state index in [1.807, 2.05) is 37.3 Å². The third kappa shape index (κ3) is 3.24. The molecule has 19 heavy (non-hydrogen) atoms. The Morgan fingerprint density at radius 3 is 2.68 bits per heavy atom. The Kier molecular flexibility index (Phi) is 4.39. The zero-order valence-electron chi connectivity index (χ0n) is 11.1. The first-order valence-corrected chi connectivity index (χ1v) is 6.60. The maximum Gasteiger partial charge on any atom is 0.325 e. The molecule has 0 atom stereocenters. The number of hydrogen-bond acceptors (Lipinski definition) is 2. The van der Waals surface area contributed by atoms with Crippen LogP contribution >= 0.6 is 0 Å². The van der Waals surface area contributed by atoms with Crippen molar-refractivity contribution in [2.75, 3.05) is 31.1 Å². The average molecular weight is 261 g/mol. The second-order valence-corrected chi connectivity index (χ2v) is 4.54. The van der Waals surface area contributed by atoms with Gasteiger partial charge < -0.3 is 10.2 Å². The van der Waals surface area contributed by atoms with Crippen LogP contribution < -0.4 is 10.2 Å². The summed E-state index contributed by atoms with van der Waals surface area (Å²) in [5.74, 6) is -0.0925. The summed E-state index contributed by atoms with van der Waals surface area (Å²) in [5, 5.41) is 2.78. The summed E-state index contributed by atoms with van der Waals surface area (Å²) in [6.45, 7) is 4.01. The monoisotopic (exact) mass is 261 g/mol. The van der Waals surface area contributed by atoms with Gasteiger partial charge in [0.1, 0.15) is 6.54 Å². The first-order chi connectivity index (χ1) is 9.22. The number of carbonyl (C=O) groups excluding carboxylic acids is 2. The molecule has 1 aliphatic rings. The molecule has 102 valence electrons. The highest BCUT2D eigenvalue weighted by Gasteiger charge is 2.30. The molecule has 1 saturated heterocycles. The van der Waals surface area contributed by atoms with E-state index in [1.165, 1.54) is 0 Å². The van der Waals surface area contributed by atoms with Gasteiger partial charge in [0, 0.05) is 25.3 Å². The van der Waals surface area contributed by atoms with Crippen molar-refractivity contribution >= 4 is 17.6 Å². The van der Waals surface area contributed by atoms with Crippen LogP contribution in [0.3, 0.4) is 0 Å². The van der Waals surface area contributed by atoms with E-state index in [-0.39, 0.29) is 18.5 Å². The van der Waals surface area contributed by atoms with Crippen molar-refractivity contribution in [1.29, 1.82) is 0 Å². The fourth-order valence-electron chi connectivity index (χ4n) is 2.07. The summed E-state index contributed by atoms with van der Waals surface area (Å²) < 4.78 is 0. The lowest BCUT2D eigenvalue weighted by Crippen LogP contribution is -2.40. The molecule has 0 bridgehead atoms. The summed E-state index contributed by atoms with van der Waals surface area (Å²) >= 11 is 0. The van der Waals surface area contributed by atoms with Crippen molar-refractivity contribution in [3.8, 4) is 0 Å². The van der Waals surface area contributed by atoms with Crippen molar-refractivity contribution in [1.82, 2.24) is 10.2 Å². The van der Waals surface area contributed by atoms with E-state index in [1.54, 1.807) is 9.80 Å². The van der Waals surface area contributed by atoms with Crippen LogP contribution in [0.4, 0.5) is 10.5 Å². The van der Waals surface area contributed by atoms with E-state index in [0.29, 0.717) is 19.6 Å². The molecule has 0 saturated carbocycles. The number of urea groups is 1. The number of rotatable bonds is 5. The van der Waals surface area contributed by atoms with Gasteiger partial charge in [-0.25, -0.2) is 4.79 Å². The summed E-state index contributed by atoms with van der Waals surface area (Å²) in [5.41, 5.74) is 0.879. The van der Waals surface area contributed by atoms with Gasteiger partial charge in [-0.15, -0.1) is 0 Å². The summed E-state index contributed by atoms with van der Waals surface area (Å²) in [7, 11) is 0. The summed E-state index contributed by atoms with van der Waals surface area (Å²) in [6, 6.07) is 9.42. The number of anilines is 1. The molecule has 1 aromatic carbocycles. The minimum atomic E-state index is -0.0992. The molecule has 2 rings (SSSR count). The molecular weight excluding hydrogens is 242 g/mol. The molecule has 0 radical (unpaired) electrons. The van der Waals surface area contributed by atoms with Crippen molar-refractivity contribution in [3.05, 3.63) is 30.3 Å². The molecule has 1 fully saturated rings. The van der Waals surface area contributed by atoms with Crippen molar-refractivity contribution in [2.45, 2.75) is 13.3 Å². The van der Waals surface area contributed by atoms with Crippen LogP contribution in [0.1, 0.15) is 13.3 Å². The van der Waals surface area contributed by atoms with E-state index in [9.17, 15) is 9.59 Å². The van der Waals surface area contributed by atoms with Gasteiger partial charge in [-0.1, -0.05) is 25.1 Å². The Hall–Kier alpha value is -2.04. The molecule has 1 aliphatic heterocycles. The van der Waals surface area contributed by atoms with Crippen LogP contribution in [0.15, 0.2) is 30.3 Å². The van der Waals surface area contributed by atoms with Crippen LogP contribution in [0.2, 0.25) is 0 Å². The Morgan fingerprint density at radius 1 is 1.26 bits per heavy atom. The predicted molar refractivity (Wildman–Crippen MR) is 74.1 cm³/mol. The van der Waals surface area contributed by atoms with Gasteiger partial charge in [0.15, 0.2) is 0 Å². The van der Waals surface area contributed by atoms with Gasteiger partial charge in [-0.2, -0.15) is 0 Å². The Morgan fingerprint density at radius 2 is 2.00 bits per heavy atom. The van der Waals surface area contributed by atoms with E-state index in [4.69, 9.17) is 0 Å². The number of amides is 3. The maximum absolute atomic E-state index is 12.2. The van der Waals surface area contributed by atoms with Gasteiger partial charge in [-0.05, 0) is 18.6 Å². The van der Waals surface area contributed by atoms with Crippen LogP contribution in [0.25, 0.3) is 0 Å². The molecule has 1 heterocycles. The number of nitrogens with one attached hydrogen (secondary N) is 1. The number of hydrogen-bond donors (Lipinski definition) is 1. The molecule has 0 aliphatic carbocycles. The lowest BCUT2D eigenvalue weighted by Gasteiger charge is -2.18. The zero-order chi connectivity index (χ0) is 13.7. The molecular formula is C14H19N3O2. The maximum atomic E-state index is 12.2. The fourth-order valence-corrected chi connectivity index (χ4v) is 2.07. The normalized spacial score (nSPS) is 14.9. The zero-order valence-corrected chi connectivity index (χ0v) is 11.1. The van der Waals surface area contributed by atoms with Gasteiger partial charge in [-0.3, -0.25) is 9.69 Å². The molecule has 1 aromatic rings. The number of nitrogens with zero attached hydrogens (tertiary/aromatic N) is 2. The molecule has 1 N–H and O–H groups in total. The smallest absolute Gasteiger partial charge is 0.325 e. The van der Waals surface area contributed by atoms with E-state index < -0.39 is 0 Å². The van der Waals surface area contributed by atoms with Crippen LogP contribution in [-0.4, -0.2) is 43.0 Å². The average Bonchev–Trinajstić information content (AvgIpc) is 2.79. The molecule has 3 amide bonds. The number of para-hydroxylation sites is 1. The molecule has 0 aromatic heterocycles. The van der Waals surface area contributed by atoms with E-state index in [0.717, 1.165) is 12.1 Å². The summed E-state index contributed by atoms with van der Waals surface area (Å²) in [4.78, 5) is 27.1. The fraction of sp³-hybridized carbons (Fsp3) is 0.429. The highest BCUT2D eigenvalue weighted by Crippen LogP contribution is 2.19. The van der Waals surface area contributed by atoms with Gasteiger partial charge >= 0.3 is 6.03 Å². The lowest BCUT2D eigenvalue weighted by molar-refractivity contribution is -0.121. The third-order valence-corrected chi connectivity index (χ3v) is 3.07. The molecule has 0 unspecified atom stereocenters. The molecule has 0 spiro atoms.